The fraction of sp³-hybridized carbons (Fsp3) is 0.350. The summed E-state index contributed by atoms with van der Waals surface area (Å²) in [7, 11) is 1.75. The maximum atomic E-state index is 12.7. The Bertz CT molecular complexity index is 764. The SMILES string of the molecule is CSCc1ccc(CNC(=O)[C@@H]2CC(=O)N(C)[C@H]2c2cccnc2)cc1. The van der Waals surface area contributed by atoms with Gasteiger partial charge in [0.05, 0.1) is 12.0 Å². The minimum atomic E-state index is -0.396. The van der Waals surface area contributed by atoms with E-state index < -0.39 is 5.92 Å². The Morgan fingerprint density at radius 3 is 2.65 bits per heavy atom. The van der Waals surface area contributed by atoms with E-state index in [2.05, 4.69) is 28.7 Å². The standard InChI is InChI=1S/C20H23N3O2S/c1-23-18(24)10-17(19(23)16-4-3-9-21-12-16)20(25)22-11-14-5-7-15(8-6-14)13-26-2/h3-9,12,17,19H,10-11,13H2,1-2H3,(H,22,25)/t17-,19+/m1/s1. The molecule has 2 aromatic rings. The van der Waals surface area contributed by atoms with Crippen LogP contribution in [0.3, 0.4) is 0 Å². The van der Waals surface area contributed by atoms with Gasteiger partial charge < -0.3 is 10.2 Å². The van der Waals surface area contributed by atoms with Crippen molar-refractivity contribution >= 4 is 23.6 Å². The zero-order chi connectivity index (χ0) is 18.5. The highest BCUT2D eigenvalue weighted by atomic mass is 32.2. The van der Waals surface area contributed by atoms with Gasteiger partial charge >= 0.3 is 0 Å². The first kappa shape index (κ1) is 18.5. The van der Waals surface area contributed by atoms with Crippen LogP contribution in [0.1, 0.15) is 29.2 Å². The number of hydrogen-bond acceptors (Lipinski definition) is 4. The van der Waals surface area contributed by atoms with Crippen molar-refractivity contribution < 1.29 is 9.59 Å². The zero-order valence-corrected chi connectivity index (χ0v) is 15.8. The van der Waals surface area contributed by atoms with Crippen molar-refractivity contribution in [2.75, 3.05) is 13.3 Å². The maximum absolute atomic E-state index is 12.7. The Hall–Kier alpha value is -2.34. The normalized spacial score (nSPS) is 19.6. The van der Waals surface area contributed by atoms with Crippen LogP contribution in [0.15, 0.2) is 48.8 Å². The van der Waals surface area contributed by atoms with Crippen molar-refractivity contribution in [3.63, 3.8) is 0 Å². The van der Waals surface area contributed by atoms with Crippen LogP contribution in [-0.2, 0) is 21.9 Å². The van der Waals surface area contributed by atoms with Crippen molar-refractivity contribution in [3.8, 4) is 0 Å². The van der Waals surface area contributed by atoms with E-state index in [1.807, 2.05) is 24.3 Å². The van der Waals surface area contributed by atoms with Gasteiger partial charge in [0.1, 0.15) is 0 Å². The van der Waals surface area contributed by atoms with Crippen molar-refractivity contribution in [2.24, 2.45) is 5.92 Å². The van der Waals surface area contributed by atoms with Gasteiger partial charge in [0.2, 0.25) is 11.8 Å². The number of benzene rings is 1. The molecule has 5 nitrogen and oxygen atoms in total. The van der Waals surface area contributed by atoms with Crippen molar-refractivity contribution in [2.45, 2.75) is 24.8 Å². The minimum absolute atomic E-state index is 0.0135. The van der Waals surface area contributed by atoms with Gasteiger partial charge in [-0.2, -0.15) is 11.8 Å². The molecular weight excluding hydrogens is 346 g/mol. The second-order valence-electron chi connectivity index (χ2n) is 6.51. The molecule has 2 heterocycles. The van der Waals surface area contributed by atoms with Crippen LogP contribution in [0.25, 0.3) is 0 Å². The molecular formula is C20H23N3O2S. The Labute approximate surface area is 158 Å². The van der Waals surface area contributed by atoms with E-state index in [1.54, 1.807) is 36.1 Å². The molecule has 1 aromatic carbocycles. The highest BCUT2D eigenvalue weighted by Crippen LogP contribution is 2.36. The number of hydrogen-bond donors (Lipinski definition) is 1. The number of rotatable bonds is 6. The van der Waals surface area contributed by atoms with Gasteiger partial charge in [0, 0.05) is 38.2 Å². The van der Waals surface area contributed by atoms with Gasteiger partial charge in [-0.3, -0.25) is 14.6 Å². The summed E-state index contributed by atoms with van der Waals surface area (Å²) in [5.41, 5.74) is 3.22. The molecule has 0 bridgehead atoms. The van der Waals surface area contributed by atoms with Gasteiger partial charge in [-0.15, -0.1) is 0 Å². The lowest BCUT2D eigenvalue weighted by Crippen LogP contribution is -2.34. The Morgan fingerprint density at radius 1 is 1.27 bits per heavy atom. The Balaban J connectivity index is 1.67. The number of nitrogens with zero attached hydrogens (tertiary/aromatic N) is 2. The van der Waals surface area contributed by atoms with Crippen LogP contribution in [0.2, 0.25) is 0 Å². The lowest BCUT2D eigenvalue weighted by Gasteiger charge is -2.24. The van der Waals surface area contributed by atoms with E-state index in [9.17, 15) is 9.59 Å². The van der Waals surface area contributed by atoms with E-state index in [0.29, 0.717) is 6.54 Å². The van der Waals surface area contributed by atoms with Crippen LogP contribution in [0.4, 0.5) is 0 Å². The molecule has 2 atom stereocenters. The predicted octanol–water partition coefficient (Wildman–Crippen LogP) is 2.78. The first-order valence-electron chi connectivity index (χ1n) is 8.60. The number of thioether (sulfide) groups is 1. The molecule has 3 rings (SSSR count). The largest absolute Gasteiger partial charge is 0.352 e. The third-order valence-corrected chi connectivity index (χ3v) is 5.37. The smallest absolute Gasteiger partial charge is 0.226 e. The van der Waals surface area contributed by atoms with Crippen LogP contribution in [-0.4, -0.2) is 35.0 Å². The van der Waals surface area contributed by atoms with Crippen molar-refractivity contribution in [1.82, 2.24) is 15.2 Å². The third-order valence-electron chi connectivity index (χ3n) is 4.75. The summed E-state index contributed by atoms with van der Waals surface area (Å²) >= 11 is 1.78. The van der Waals surface area contributed by atoms with E-state index in [0.717, 1.165) is 16.9 Å². The van der Waals surface area contributed by atoms with Gasteiger partial charge in [-0.05, 0) is 29.0 Å². The summed E-state index contributed by atoms with van der Waals surface area (Å²) in [4.78, 5) is 30.7. The molecule has 136 valence electrons. The fourth-order valence-corrected chi connectivity index (χ4v) is 3.88. The molecule has 1 N–H and O–H groups in total. The molecule has 0 radical (unpaired) electrons. The van der Waals surface area contributed by atoms with Crippen molar-refractivity contribution in [1.29, 1.82) is 0 Å². The van der Waals surface area contributed by atoms with Gasteiger partial charge in [0.25, 0.3) is 0 Å². The third kappa shape index (κ3) is 4.07. The summed E-state index contributed by atoms with van der Waals surface area (Å²) in [5, 5.41) is 2.99. The summed E-state index contributed by atoms with van der Waals surface area (Å²) in [6, 6.07) is 11.7. The van der Waals surface area contributed by atoms with E-state index in [-0.39, 0.29) is 24.3 Å². The average Bonchev–Trinajstić information content (AvgIpc) is 2.97. The number of aromatic nitrogens is 1. The Kier molecular flexibility index (Phi) is 5.93. The molecule has 0 saturated carbocycles. The van der Waals surface area contributed by atoms with Crippen molar-refractivity contribution in [3.05, 3.63) is 65.5 Å². The molecule has 0 unspecified atom stereocenters. The molecule has 1 aromatic heterocycles. The lowest BCUT2D eigenvalue weighted by molar-refractivity contribution is -0.128. The highest BCUT2D eigenvalue weighted by Gasteiger charge is 2.42. The molecule has 1 aliphatic heterocycles. The first-order chi connectivity index (χ1) is 12.6. The predicted molar refractivity (Wildman–Crippen MR) is 103 cm³/mol. The number of amides is 2. The second kappa shape index (κ2) is 8.36. The quantitative estimate of drug-likeness (QED) is 0.850. The molecule has 0 spiro atoms. The molecule has 0 aliphatic carbocycles. The van der Waals surface area contributed by atoms with E-state index in [4.69, 9.17) is 0 Å². The number of likely N-dealkylation sites (tertiary alicyclic amines) is 1. The zero-order valence-electron chi connectivity index (χ0n) is 15.0. The van der Waals surface area contributed by atoms with Gasteiger partial charge in [-0.25, -0.2) is 0 Å². The molecule has 1 fully saturated rings. The molecule has 2 amide bonds. The number of pyridine rings is 1. The monoisotopic (exact) mass is 369 g/mol. The van der Waals surface area contributed by atoms with E-state index >= 15 is 0 Å². The molecule has 1 saturated heterocycles. The fourth-order valence-electron chi connectivity index (χ4n) is 3.35. The van der Waals surface area contributed by atoms with Gasteiger partial charge in [0.15, 0.2) is 0 Å². The minimum Gasteiger partial charge on any atom is -0.352 e. The number of carbonyl (C=O) groups is 2. The number of nitrogens with one attached hydrogen (secondary N) is 1. The summed E-state index contributed by atoms with van der Waals surface area (Å²) in [6.45, 7) is 0.465. The summed E-state index contributed by atoms with van der Waals surface area (Å²) in [5.74, 6) is 0.480. The molecule has 26 heavy (non-hydrogen) atoms. The lowest BCUT2D eigenvalue weighted by atomic mass is 9.94. The van der Waals surface area contributed by atoms with Crippen LogP contribution < -0.4 is 5.32 Å². The molecule has 1 aliphatic rings. The van der Waals surface area contributed by atoms with E-state index in [1.165, 1.54) is 5.56 Å². The molecule has 6 heteroatoms. The van der Waals surface area contributed by atoms with Crippen LogP contribution >= 0.6 is 11.8 Å². The topological polar surface area (TPSA) is 62.3 Å². The van der Waals surface area contributed by atoms with Gasteiger partial charge in [-0.1, -0.05) is 30.3 Å². The summed E-state index contributed by atoms with van der Waals surface area (Å²) in [6.07, 6.45) is 5.72. The second-order valence-corrected chi connectivity index (χ2v) is 7.38. The van der Waals surface area contributed by atoms with Crippen LogP contribution in [0, 0.1) is 5.92 Å². The summed E-state index contributed by atoms with van der Waals surface area (Å²) < 4.78 is 0. The Morgan fingerprint density at radius 2 is 2.00 bits per heavy atom. The average molecular weight is 369 g/mol. The number of carbonyl (C=O) groups excluding carboxylic acids is 2. The first-order valence-corrected chi connectivity index (χ1v) is 9.99. The van der Waals surface area contributed by atoms with Crippen LogP contribution in [0.5, 0.6) is 0 Å². The highest BCUT2D eigenvalue weighted by molar-refractivity contribution is 7.97. The maximum Gasteiger partial charge on any atom is 0.226 e.